The summed E-state index contributed by atoms with van der Waals surface area (Å²) in [4.78, 5) is 29.6. The largest absolute Gasteiger partial charge is 0.328 e. The van der Waals surface area contributed by atoms with E-state index in [1.807, 2.05) is 6.07 Å². The van der Waals surface area contributed by atoms with E-state index in [0.717, 1.165) is 19.5 Å². The maximum absolute atomic E-state index is 12.4. The number of rotatable bonds is 4. The lowest BCUT2D eigenvalue weighted by molar-refractivity contribution is 0.285. The maximum Gasteiger partial charge on any atom is 0.328 e. The number of aromatic nitrogens is 2. The molecule has 0 fully saturated rings. The van der Waals surface area contributed by atoms with Gasteiger partial charge in [-0.15, -0.1) is 11.3 Å². The lowest BCUT2D eigenvalue weighted by Gasteiger charge is -2.26. The number of nitrogens with zero attached hydrogens (tertiary/aromatic N) is 2. The van der Waals surface area contributed by atoms with E-state index in [1.54, 1.807) is 10.8 Å². The highest BCUT2D eigenvalue weighted by Crippen LogP contribution is 2.21. The predicted molar refractivity (Wildman–Crippen MR) is 102 cm³/mol. The third-order valence-electron chi connectivity index (χ3n) is 4.70. The first kappa shape index (κ1) is 16.1. The van der Waals surface area contributed by atoms with Crippen molar-refractivity contribution in [3.05, 3.63) is 73.6 Å². The molecule has 4 rings (SSSR count). The molecule has 128 valence electrons. The second-order valence-corrected chi connectivity index (χ2v) is 6.98. The Balaban J connectivity index is 1.46. The molecule has 0 aliphatic carbocycles. The topological polar surface area (TPSA) is 58.1 Å². The molecule has 1 aliphatic heterocycles. The van der Waals surface area contributed by atoms with Gasteiger partial charge in [0.15, 0.2) is 0 Å². The van der Waals surface area contributed by atoms with Gasteiger partial charge in [0.05, 0.1) is 10.9 Å². The quantitative estimate of drug-likeness (QED) is 0.784. The first-order valence-electron chi connectivity index (χ1n) is 8.38. The molecule has 3 aromatic rings. The van der Waals surface area contributed by atoms with Crippen LogP contribution in [0.15, 0.2) is 56.8 Å². The van der Waals surface area contributed by atoms with Crippen molar-refractivity contribution in [3.63, 3.8) is 0 Å². The summed E-state index contributed by atoms with van der Waals surface area (Å²) in [7, 11) is 0. The minimum absolute atomic E-state index is 0.197. The second kappa shape index (κ2) is 6.82. The van der Waals surface area contributed by atoms with Crippen molar-refractivity contribution in [2.75, 3.05) is 19.6 Å². The van der Waals surface area contributed by atoms with Crippen molar-refractivity contribution < 1.29 is 0 Å². The number of aromatic amines is 1. The van der Waals surface area contributed by atoms with Crippen LogP contribution in [0.4, 0.5) is 0 Å². The van der Waals surface area contributed by atoms with Gasteiger partial charge in [0.25, 0.3) is 5.56 Å². The summed E-state index contributed by atoms with van der Waals surface area (Å²) < 4.78 is 1.31. The van der Waals surface area contributed by atoms with E-state index in [1.165, 1.54) is 27.0 Å². The molecular weight excluding hydrogens is 334 g/mol. The molecule has 0 unspecified atom stereocenters. The summed E-state index contributed by atoms with van der Waals surface area (Å²) >= 11 is 1.43. The Kier molecular flexibility index (Phi) is 4.38. The number of benzene rings is 1. The smallest absolute Gasteiger partial charge is 0.306 e. The number of H-pyrrole nitrogens is 1. The molecule has 1 aliphatic rings. The van der Waals surface area contributed by atoms with Crippen LogP contribution in [0.25, 0.3) is 16.5 Å². The normalized spacial score (nSPS) is 15.4. The molecule has 0 spiro atoms. The van der Waals surface area contributed by atoms with Crippen LogP contribution in [0.3, 0.4) is 0 Å². The fourth-order valence-electron chi connectivity index (χ4n) is 3.25. The van der Waals surface area contributed by atoms with E-state index in [-0.39, 0.29) is 11.2 Å². The Morgan fingerprint density at radius 1 is 1.08 bits per heavy atom. The Hall–Kier alpha value is -2.44. The van der Waals surface area contributed by atoms with E-state index in [4.69, 9.17) is 0 Å². The van der Waals surface area contributed by atoms with Gasteiger partial charge in [-0.25, -0.2) is 4.79 Å². The fourth-order valence-corrected chi connectivity index (χ4v) is 4.01. The van der Waals surface area contributed by atoms with Crippen molar-refractivity contribution in [3.8, 4) is 0 Å². The van der Waals surface area contributed by atoms with Crippen LogP contribution >= 0.6 is 11.3 Å². The molecule has 5 nitrogen and oxygen atoms in total. The van der Waals surface area contributed by atoms with Gasteiger partial charge in [-0.1, -0.05) is 36.4 Å². The second-order valence-electron chi connectivity index (χ2n) is 6.23. The zero-order chi connectivity index (χ0) is 17.2. The lowest BCUT2D eigenvalue weighted by atomic mass is 10.00. The van der Waals surface area contributed by atoms with Gasteiger partial charge >= 0.3 is 5.69 Å². The van der Waals surface area contributed by atoms with Crippen LogP contribution in [-0.4, -0.2) is 34.1 Å². The summed E-state index contributed by atoms with van der Waals surface area (Å²) in [6.07, 6.45) is 3.23. The van der Waals surface area contributed by atoms with Crippen LogP contribution in [0.1, 0.15) is 12.0 Å². The van der Waals surface area contributed by atoms with Crippen LogP contribution in [-0.2, 0) is 6.54 Å². The molecule has 1 aromatic carbocycles. The molecular formula is C19H19N3O2S. The summed E-state index contributed by atoms with van der Waals surface area (Å²) in [5.74, 6) is 0. The number of fused-ring (bicyclic) bond motifs is 1. The predicted octanol–water partition coefficient (Wildman–Crippen LogP) is 2.54. The molecule has 0 bridgehead atoms. The van der Waals surface area contributed by atoms with Gasteiger partial charge in [-0.05, 0) is 17.6 Å². The molecule has 0 radical (unpaired) electrons. The van der Waals surface area contributed by atoms with Gasteiger partial charge < -0.3 is 4.98 Å². The molecule has 0 amide bonds. The van der Waals surface area contributed by atoms with Crippen molar-refractivity contribution in [1.82, 2.24) is 14.5 Å². The first-order chi connectivity index (χ1) is 12.2. The molecule has 0 saturated heterocycles. The van der Waals surface area contributed by atoms with Crippen LogP contribution < -0.4 is 11.2 Å². The number of nitrogens with one attached hydrogen (secondary N) is 1. The third kappa shape index (κ3) is 3.23. The molecule has 25 heavy (non-hydrogen) atoms. The molecule has 3 heterocycles. The highest BCUT2D eigenvalue weighted by atomic mass is 32.1. The van der Waals surface area contributed by atoms with Gasteiger partial charge in [0, 0.05) is 36.9 Å². The van der Waals surface area contributed by atoms with Crippen LogP contribution in [0.5, 0.6) is 0 Å². The van der Waals surface area contributed by atoms with Gasteiger partial charge in [-0.3, -0.25) is 14.3 Å². The summed E-state index contributed by atoms with van der Waals surface area (Å²) in [5.41, 5.74) is 2.75. The van der Waals surface area contributed by atoms with E-state index in [2.05, 4.69) is 40.2 Å². The molecule has 1 N–H and O–H groups in total. The Morgan fingerprint density at radius 3 is 2.68 bits per heavy atom. The van der Waals surface area contributed by atoms with E-state index < -0.39 is 0 Å². The average Bonchev–Trinajstić information content (AvgIpc) is 3.11. The fraction of sp³-hybridized carbons (Fsp3) is 0.263. The maximum atomic E-state index is 12.4. The van der Waals surface area contributed by atoms with Crippen molar-refractivity contribution in [2.45, 2.75) is 13.0 Å². The van der Waals surface area contributed by atoms with Crippen molar-refractivity contribution >= 4 is 27.8 Å². The highest BCUT2D eigenvalue weighted by molar-refractivity contribution is 7.09. The molecule has 6 heteroatoms. The zero-order valence-electron chi connectivity index (χ0n) is 13.8. The van der Waals surface area contributed by atoms with Crippen LogP contribution in [0.2, 0.25) is 0 Å². The van der Waals surface area contributed by atoms with Crippen LogP contribution in [0, 0.1) is 0 Å². The molecule has 0 saturated carbocycles. The van der Waals surface area contributed by atoms with Gasteiger partial charge in [-0.2, -0.15) is 0 Å². The lowest BCUT2D eigenvalue weighted by Crippen LogP contribution is -2.39. The summed E-state index contributed by atoms with van der Waals surface area (Å²) in [6, 6.07) is 10.4. The zero-order valence-corrected chi connectivity index (χ0v) is 14.6. The standard InChI is InChI=1S/C19H19N3O2S/c23-18-16-12-25-13-17(16)20-19(24)22(18)11-10-21-8-6-15(7-9-21)14-4-2-1-3-5-14/h1-6,12-13H,7-11H2,(H,20,24). The molecule has 2 aromatic heterocycles. The first-order valence-corrected chi connectivity index (χ1v) is 9.32. The third-order valence-corrected chi connectivity index (χ3v) is 5.45. The summed E-state index contributed by atoms with van der Waals surface area (Å²) in [5, 5.41) is 4.18. The molecule has 0 atom stereocenters. The van der Waals surface area contributed by atoms with Gasteiger partial charge in [0.2, 0.25) is 0 Å². The minimum atomic E-state index is -0.326. The van der Waals surface area contributed by atoms with Gasteiger partial charge in [0.1, 0.15) is 0 Å². The van der Waals surface area contributed by atoms with Crippen molar-refractivity contribution in [1.29, 1.82) is 0 Å². The number of hydrogen-bond acceptors (Lipinski definition) is 4. The Morgan fingerprint density at radius 2 is 1.92 bits per heavy atom. The van der Waals surface area contributed by atoms with Crippen molar-refractivity contribution in [2.24, 2.45) is 0 Å². The number of thiophene rings is 1. The number of hydrogen-bond donors (Lipinski definition) is 1. The SMILES string of the molecule is O=c1[nH]c2cscc2c(=O)n1CCN1CC=C(c2ccccc2)CC1. The average molecular weight is 353 g/mol. The highest BCUT2D eigenvalue weighted by Gasteiger charge is 2.14. The van der Waals surface area contributed by atoms with E-state index in [9.17, 15) is 9.59 Å². The monoisotopic (exact) mass is 353 g/mol. The minimum Gasteiger partial charge on any atom is -0.306 e. The Labute approximate surface area is 148 Å². The summed E-state index contributed by atoms with van der Waals surface area (Å²) in [6.45, 7) is 2.89. The Bertz CT molecular complexity index is 1030. The van der Waals surface area contributed by atoms with E-state index in [0.29, 0.717) is 24.0 Å². The van der Waals surface area contributed by atoms with E-state index >= 15 is 0 Å².